The van der Waals surface area contributed by atoms with Gasteiger partial charge in [0.2, 0.25) is 0 Å². The standard InChI is InChI=1S/C14H12N2S2/c1-9-6-7-17-13(9)12-8-18-14(16-12)10-2-4-11(15)5-3-10/h2-8H,15H2,1H3. The van der Waals surface area contributed by atoms with Crippen molar-refractivity contribution < 1.29 is 0 Å². The van der Waals surface area contributed by atoms with Crippen molar-refractivity contribution in [2.45, 2.75) is 6.92 Å². The van der Waals surface area contributed by atoms with E-state index < -0.39 is 0 Å². The molecule has 0 atom stereocenters. The number of anilines is 1. The number of hydrogen-bond acceptors (Lipinski definition) is 4. The fraction of sp³-hybridized carbons (Fsp3) is 0.0714. The highest BCUT2D eigenvalue weighted by atomic mass is 32.1. The Morgan fingerprint density at radius 2 is 1.83 bits per heavy atom. The van der Waals surface area contributed by atoms with Crippen LogP contribution in [0.1, 0.15) is 5.56 Å². The van der Waals surface area contributed by atoms with E-state index >= 15 is 0 Å². The monoisotopic (exact) mass is 272 g/mol. The first-order valence-electron chi connectivity index (χ1n) is 5.60. The quantitative estimate of drug-likeness (QED) is 0.701. The van der Waals surface area contributed by atoms with E-state index in [1.165, 1.54) is 10.4 Å². The zero-order valence-corrected chi connectivity index (χ0v) is 11.5. The van der Waals surface area contributed by atoms with E-state index in [2.05, 4.69) is 23.8 Å². The average Bonchev–Trinajstić information content (AvgIpc) is 2.98. The van der Waals surface area contributed by atoms with Gasteiger partial charge in [0.15, 0.2) is 0 Å². The van der Waals surface area contributed by atoms with Gasteiger partial charge in [-0.05, 0) is 48.2 Å². The maximum Gasteiger partial charge on any atom is 0.124 e. The predicted octanol–water partition coefficient (Wildman–Crippen LogP) is 4.43. The van der Waals surface area contributed by atoms with Crippen LogP contribution in [-0.2, 0) is 0 Å². The molecule has 2 heterocycles. The van der Waals surface area contributed by atoms with Crippen molar-refractivity contribution in [2.75, 3.05) is 5.73 Å². The van der Waals surface area contributed by atoms with E-state index in [-0.39, 0.29) is 0 Å². The topological polar surface area (TPSA) is 38.9 Å². The Kier molecular flexibility index (Phi) is 2.89. The van der Waals surface area contributed by atoms with Gasteiger partial charge in [-0.1, -0.05) is 0 Å². The summed E-state index contributed by atoms with van der Waals surface area (Å²) in [7, 11) is 0. The maximum absolute atomic E-state index is 5.69. The smallest absolute Gasteiger partial charge is 0.124 e. The molecule has 0 unspecified atom stereocenters. The van der Waals surface area contributed by atoms with Gasteiger partial charge in [-0.2, -0.15) is 0 Å². The molecule has 0 saturated carbocycles. The number of benzene rings is 1. The lowest BCUT2D eigenvalue weighted by molar-refractivity contribution is 1.40. The summed E-state index contributed by atoms with van der Waals surface area (Å²) < 4.78 is 0. The van der Waals surface area contributed by atoms with E-state index in [0.29, 0.717) is 0 Å². The third-order valence-corrected chi connectivity index (χ3v) is 4.69. The van der Waals surface area contributed by atoms with E-state index in [1.807, 2.05) is 24.3 Å². The Morgan fingerprint density at radius 3 is 2.50 bits per heavy atom. The van der Waals surface area contributed by atoms with Crippen LogP contribution in [0, 0.1) is 6.92 Å². The number of aryl methyl sites for hydroxylation is 1. The SMILES string of the molecule is Cc1ccsc1-c1csc(-c2ccc(N)cc2)n1. The highest BCUT2D eigenvalue weighted by molar-refractivity contribution is 7.15. The molecule has 0 aliphatic carbocycles. The Labute approximate surface area is 114 Å². The highest BCUT2D eigenvalue weighted by Gasteiger charge is 2.09. The molecular formula is C14H12N2S2. The van der Waals surface area contributed by atoms with Gasteiger partial charge < -0.3 is 5.73 Å². The van der Waals surface area contributed by atoms with Crippen LogP contribution in [0.4, 0.5) is 5.69 Å². The Morgan fingerprint density at radius 1 is 1.06 bits per heavy atom. The zero-order valence-electron chi connectivity index (χ0n) is 9.88. The molecule has 0 spiro atoms. The van der Waals surface area contributed by atoms with Gasteiger partial charge in [0.05, 0.1) is 10.6 Å². The summed E-state index contributed by atoms with van der Waals surface area (Å²) in [4.78, 5) is 5.96. The minimum Gasteiger partial charge on any atom is -0.399 e. The second-order valence-corrected chi connectivity index (χ2v) is 5.87. The van der Waals surface area contributed by atoms with Crippen molar-refractivity contribution in [3.05, 3.63) is 46.7 Å². The molecule has 0 bridgehead atoms. The molecule has 0 saturated heterocycles. The van der Waals surface area contributed by atoms with E-state index in [0.717, 1.165) is 22.0 Å². The van der Waals surface area contributed by atoms with Crippen LogP contribution in [0.2, 0.25) is 0 Å². The van der Waals surface area contributed by atoms with Crippen molar-refractivity contribution in [3.8, 4) is 21.1 Å². The van der Waals surface area contributed by atoms with Crippen LogP contribution in [0.3, 0.4) is 0 Å². The molecule has 2 N–H and O–H groups in total. The molecule has 3 rings (SSSR count). The van der Waals surface area contributed by atoms with Gasteiger partial charge in [-0.15, -0.1) is 22.7 Å². The average molecular weight is 272 g/mol. The van der Waals surface area contributed by atoms with Gasteiger partial charge in [0, 0.05) is 16.6 Å². The summed E-state index contributed by atoms with van der Waals surface area (Å²) in [5.74, 6) is 0. The fourth-order valence-corrected chi connectivity index (χ4v) is 3.55. The van der Waals surface area contributed by atoms with Crippen molar-refractivity contribution in [1.29, 1.82) is 0 Å². The molecule has 0 aliphatic rings. The van der Waals surface area contributed by atoms with Crippen LogP contribution >= 0.6 is 22.7 Å². The molecule has 2 aromatic heterocycles. The minimum atomic E-state index is 0.782. The number of aromatic nitrogens is 1. The molecule has 0 radical (unpaired) electrons. The van der Waals surface area contributed by atoms with Gasteiger partial charge in [-0.25, -0.2) is 4.98 Å². The summed E-state index contributed by atoms with van der Waals surface area (Å²) in [5.41, 5.74) is 9.95. The molecule has 18 heavy (non-hydrogen) atoms. The maximum atomic E-state index is 5.69. The van der Waals surface area contributed by atoms with Crippen molar-refractivity contribution in [1.82, 2.24) is 4.98 Å². The highest BCUT2D eigenvalue weighted by Crippen LogP contribution is 2.33. The molecule has 4 heteroatoms. The molecule has 0 aliphatic heterocycles. The first-order chi connectivity index (χ1) is 8.74. The molecule has 0 amide bonds. The predicted molar refractivity (Wildman–Crippen MR) is 80.0 cm³/mol. The summed E-state index contributed by atoms with van der Waals surface area (Å²) in [5, 5.41) is 5.26. The van der Waals surface area contributed by atoms with Crippen LogP contribution in [0.15, 0.2) is 41.1 Å². The van der Waals surface area contributed by atoms with Crippen molar-refractivity contribution in [3.63, 3.8) is 0 Å². The molecule has 90 valence electrons. The normalized spacial score (nSPS) is 10.7. The zero-order chi connectivity index (χ0) is 12.5. The van der Waals surface area contributed by atoms with Crippen molar-refractivity contribution >= 4 is 28.4 Å². The Hall–Kier alpha value is -1.65. The number of thiazole rings is 1. The third kappa shape index (κ3) is 2.05. The first-order valence-corrected chi connectivity index (χ1v) is 7.36. The fourth-order valence-electron chi connectivity index (χ4n) is 1.77. The van der Waals surface area contributed by atoms with Gasteiger partial charge >= 0.3 is 0 Å². The third-order valence-electron chi connectivity index (χ3n) is 2.76. The van der Waals surface area contributed by atoms with Gasteiger partial charge in [0.1, 0.15) is 5.01 Å². The second-order valence-electron chi connectivity index (χ2n) is 4.09. The van der Waals surface area contributed by atoms with Crippen LogP contribution in [0.25, 0.3) is 21.1 Å². The lowest BCUT2D eigenvalue weighted by Crippen LogP contribution is -1.83. The summed E-state index contributed by atoms with van der Waals surface area (Å²) in [6.07, 6.45) is 0. The van der Waals surface area contributed by atoms with E-state index in [4.69, 9.17) is 10.7 Å². The van der Waals surface area contributed by atoms with Gasteiger partial charge in [-0.3, -0.25) is 0 Å². The molecule has 3 aromatic rings. The lowest BCUT2D eigenvalue weighted by Gasteiger charge is -1.97. The summed E-state index contributed by atoms with van der Waals surface area (Å²) >= 11 is 3.41. The van der Waals surface area contributed by atoms with Crippen LogP contribution in [0.5, 0.6) is 0 Å². The number of hydrogen-bond donors (Lipinski definition) is 1. The van der Waals surface area contributed by atoms with Gasteiger partial charge in [0.25, 0.3) is 0 Å². The first kappa shape index (κ1) is 11.4. The molecular weight excluding hydrogens is 260 g/mol. The molecule has 2 nitrogen and oxygen atoms in total. The lowest BCUT2D eigenvalue weighted by atomic mass is 10.2. The summed E-state index contributed by atoms with van der Waals surface area (Å²) in [6, 6.07) is 9.97. The van der Waals surface area contributed by atoms with Crippen LogP contribution < -0.4 is 5.73 Å². The van der Waals surface area contributed by atoms with E-state index in [9.17, 15) is 0 Å². The van der Waals surface area contributed by atoms with Crippen LogP contribution in [-0.4, -0.2) is 4.98 Å². The molecule has 1 aromatic carbocycles. The van der Waals surface area contributed by atoms with E-state index in [1.54, 1.807) is 22.7 Å². The largest absolute Gasteiger partial charge is 0.399 e. The number of thiophene rings is 1. The second kappa shape index (κ2) is 4.55. The molecule has 0 fully saturated rings. The number of nitrogens with zero attached hydrogens (tertiary/aromatic N) is 1. The Bertz CT molecular complexity index is 665. The van der Waals surface area contributed by atoms with Crippen molar-refractivity contribution in [2.24, 2.45) is 0 Å². The minimum absolute atomic E-state index is 0.782. The number of rotatable bonds is 2. The number of nitrogen functional groups attached to an aromatic ring is 1. The number of nitrogens with two attached hydrogens (primary N) is 1. The Balaban J connectivity index is 1.99. The summed E-state index contributed by atoms with van der Waals surface area (Å²) in [6.45, 7) is 2.12.